The number of nitrogens with zero attached hydrogens (tertiary/aromatic N) is 2. The van der Waals surface area contributed by atoms with Gasteiger partial charge in [-0.2, -0.15) is 0 Å². The van der Waals surface area contributed by atoms with Gasteiger partial charge in [0.05, 0.1) is 17.4 Å². The van der Waals surface area contributed by atoms with Crippen LogP contribution in [0.25, 0.3) is 0 Å². The van der Waals surface area contributed by atoms with Gasteiger partial charge in [-0.1, -0.05) is 12.1 Å². The molecule has 0 N–H and O–H groups in total. The lowest BCUT2D eigenvalue weighted by molar-refractivity contribution is -0.139. The second kappa shape index (κ2) is 9.89. The van der Waals surface area contributed by atoms with Crippen molar-refractivity contribution in [3.05, 3.63) is 59.7 Å². The van der Waals surface area contributed by atoms with Crippen molar-refractivity contribution in [1.29, 1.82) is 0 Å². The smallest absolute Gasteiger partial charge is 0.318 e. The van der Waals surface area contributed by atoms with Gasteiger partial charge in [0.2, 0.25) is 0 Å². The van der Waals surface area contributed by atoms with E-state index in [9.17, 15) is 13.8 Å². The van der Waals surface area contributed by atoms with Crippen molar-refractivity contribution in [2.24, 2.45) is 0 Å². The van der Waals surface area contributed by atoms with Crippen LogP contribution in [0.3, 0.4) is 0 Å². The van der Waals surface area contributed by atoms with Gasteiger partial charge in [-0.05, 0) is 62.7 Å². The number of ether oxygens (including phenoxy) is 1. The predicted octanol–water partition coefficient (Wildman–Crippen LogP) is 3.02. The van der Waals surface area contributed by atoms with Crippen LogP contribution < -0.4 is 4.90 Å². The second-order valence-corrected chi connectivity index (χ2v) is 8.90. The zero-order valence-electron chi connectivity index (χ0n) is 17.7. The van der Waals surface area contributed by atoms with E-state index in [-0.39, 0.29) is 24.3 Å². The molecule has 0 bridgehead atoms. The van der Waals surface area contributed by atoms with Crippen molar-refractivity contribution in [2.45, 2.75) is 31.7 Å². The van der Waals surface area contributed by atoms with Crippen molar-refractivity contribution < 1.29 is 18.5 Å². The van der Waals surface area contributed by atoms with Gasteiger partial charge >= 0.3 is 5.97 Å². The molecule has 1 fully saturated rings. The molecule has 160 valence electrons. The molecule has 1 amide bonds. The van der Waals surface area contributed by atoms with Gasteiger partial charge in [0, 0.05) is 41.8 Å². The van der Waals surface area contributed by atoms with Crippen molar-refractivity contribution in [2.75, 3.05) is 36.9 Å². The fourth-order valence-electron chi connectivity index (χ4n) is 3.66. The lowest BCUT2D eigenvalue weighted by Crippen LogP contribution is -2.53. The van der Waals surface area contributed by atoms with Crippen molar-refractivity contribution in [3.8, 4) is 0 Å². The van der Waals surface area contributed by atoms with E-state index in [2.05, 4.69) is 43.0 Å². The van der Waals surface area contributed by atoms with E-state index in [4.69, 9.17) is 4.74 Å². The number of rotatable bonds is 6. The maximum atomic E-state index is 12.9. The second-order valence-electron chi connectivity index (χ2n) is 7.45. The molecule has 3 rings (SSSR count). The highest BCUT2D eigenvalue weighted by atomic mass is 32.2. The molecule has 6 nitrogen and oxygen atoms in total. The van der Waals surface area contributed by atoms with Crippen molar-refractivity contribution in [1.82, 2.24) is 4.90 Å². The van der Waals surface area contributed by atoms with Gasteiger partial charge in [0.25, 0.3) is 5.91 Å². The van der Waals surface area contributed by atoms with E-state index in [0.717, 1.165) is 6.54 Å². The normalized spacial score (nSPS) is 17.5. The summed E-state index contributed by atoms with van der Waals surface area (Å²) in [5, 5.41) is 0. The summed E-state index contributed by atoms with van der Waals surface area (Å²) in [6.07, 6.45) is 0. The van der Waals surface area contributed by atoms with Crippen LogP contribution in [0.2, 0.25) is 0 Å². The minimum Gasteiger partial charge on any atom is -0.465 e. The van der Waals surface area contributed by atoms with Crippen LogP contribution in [0.15, 0.2) is 53.4 Å². The summed E-state index contributed by atoms with van der Waals surface area (Å²) in [5.41, 5.74) is 2.96. The van der Waals surface area contributed by atoms with Crippen LogP contribution in [0.1, 0.15) is 29.8 Å². The number of anilines is 1. The molecule has 2 aromatic carbocycles. The van der Waals surface area contributed by atoms with Crippen LogP contribution in [-0.4, -0.2) is 59.0 Å². The Labute approximate surface area is 180 Å². The summed E-state index contributed by atoms with van der Waals surface area (Å²) in [4.78, 5) is 29.2. The molecule has 0 aliphatic carbocycles. The standard InChI is InChI=1S/C23H28N2O4S/c1-4-29-22(26)16-30(28)21-10-8-19(9-11-21)23(27)24-12-13-25(18(3)15-24)20-7-5-6-17(2)14-20/h5-11,14,18H,4,12-13,15-16H2,1-3H3. The van der Waals surface area contributed by atoms with E-state index in [0.29, 0.717) is 23.5 Å². The molecule has 1 aliphatic rings. The van der Waals surface area contributed by atoms with Crippen molar-refractivity contribution >= 4 is 28.4 Å². The van der Waals surface area contributed by atoms with Gasteiger partial charge in [0.1, 0.15) is 5.75 Å². The van der Waals surface area contributed by atoms with Crippen LogP contribution in [0, 0.1) is 6.92 Å². The molecule has 0 spiro atoms. The Morgan fingerprint density at radius 3 is 2.50 bits per heavy atom. The maximum Gasteiger partial charge on any atom is 0.318 e. The number of hydrogen-bond donors (Lipinski definition) is 0. The first-order valence-electron chi connectivity index (χ1n) is 10.2. The van der Waals surface area contributed by atoms with Crippen LogP contribution in [0.4, 0.5) is 5.69 Å². The highest BCUT2D eigenvalue weighted by Crippen LogP contribution is 2.22. The van der Waals surface area contributed by atoms with Gasteiger partial charge in [-0.25, -0.2) is 0 Å². The number of aryl methyl sites for hydroxylation is 1. The van der Waals surface area contributed by atoms with Crippen molar-refractivity contribution in [3.63, 3.8) is 0 Å². The van der Waals surface area contributed by atoms with E-state index in [1.54, 1.807) is 31.2 Å². The zero-order valence-corrected chi connectivity index (χ0v) is 18.5. The molecular formula is C23H28N2O4S. The molecule has 2 aromatic rings. The first-order valence-corrected chi connectivity index (χ1v) is 11.5. The third-order valence-electron chi connectivity index (χ3n) is 5.17. The number of carbonyl (C=O) groups is 2. The first-order chi connectivity index (χ1) is 14.4. The van der Waals surface area contributed by atoms with Gasteiger partial charge < -0.3 is 14.5 Å². The molecule has 0 saturated carbocycles. The first kappa shape index (κ1) is 22.0. The van der Waals surface area contributed by atoms with E-state index >= 15 is 0 Å². The summed E-state index contributed by atoms with van der Waals surface area (Å²) in [7, 11) is -1.48. The minimum atomic E-state index is -1.48. The van der Waals surface area contributed by atoms with Gasteiger partial charge in [0.15, 0.2) is 0 Å². The van der Waals surface area contributed by atoms with Crippen LogP contribution in [-0.2, 0) is 20.3 Å². The minimum absolute atomic E-state index is 0.0338. The summed E-state index contributed by atoms with van der Waals surface area (Å²) < 4.78 is 17.1. The largest absolute Gasteiger partial charge is 0.465 e. The average Bonchev–Trinajstić information content (AvgIpc) is 2.73. The summed E-state index contributed by atoms with van der Waals surface area (Å²) in [6, 6.07) is 15.3. The van der Waals surface area contributed by atoms with E-state index < -0.39 is 16.8 Å². The monoisotopic (exact) mass is 428 g/mol. The Bertz CT molecular complexity index is 929. The highest BCUT2D eigenvalue weighted by molar-refractivity contribution is 7.85. The lowest BCUT2D eigenvalue weighted by atomic mass is 10.1. The van der Waals surface area contributed by atoms with Crippen LogP contribution in [0.5, 0.6) is 0 Å². The molecule has 7 heteroatoms. The third-order valence-corrected chi connectivity index (χ3v) is 6.46. The Morgan fingerprint density at radius 2 is 1.87 bits per heavy atom. The SMILES string of the molecule is CCOC(=O)CS(=O)c1ccc(C(=O)N2CCN(c3cccc(C)c3)C(C)C2)cc1. The molecule has 0 radical (unpaired) electrons. The molecular weight excluding hydrogens is 400 g/mol. The number of piperazine rings is 1. The molecule has 1 saturated heterocycles. The quantitative estimate of drug-likeness (QED) is 0.662. The third kappa shape index (κ3) is 5.27. The molecule has 0 aromatic heterocycles. The Morgan fingerprint density at radius 1 is 1.13 bits per heavy atom. The average molecular weight is 429 g/mol. The zero-order chi connectivity index (χ0) is 21.7. The number of hydrogen-bond acceptors (Lipinski definition) is 5. The fourth-order valence-corrected chi connectivity index (χ4v) is 4.56. The molecule has 2 atom stereocenters. The predicted molar refractivity (Wildman–Crippen MR) is 118 cm³/mol. The van der Waals surface area contributed by atoms with Gasteiger partial charge in [-0.15, -0.1) is 0 Å². The lowest BCUT2D eigenvalue weighted by Gasteiger charge is -2.41. The number of esters is 1. The molecule has 1 heterocycles. The van der Waals surface area contributed by atoms with Gasteiger partial charge in [-0.3, -0.25) is 13.8 Å². The van der Waals surface area contributed by atoms with Crippen LogP contribution >= 0.6 is 0 Å². The number of carbonyl (C=O) groups excluding carboxylic acids is 2. The molecule has 1 aliphatic heterocycles. The van der Waals surface area contributed by atoms with E-state index in [1.165, 1.54) is 11.3 Å². The summed E-state index contributed by atoms with van der Waals surface area (Å²) >= 11 is 0. The number of amides is 1. The summed E-state index contributed by atoms with van der Waals surface area (Å²) in [5.74, 6) is -0.704. The Balaban J connectivity index is 1.62. The highest BCUT2D eigenvalue weighted by Gasteiger charge is 2.27. The summed E-state index contributed by atoms with van der Waals surface area (Å²) in [6.45, 7) is 8.25. The Hall–Kier alpha value is -2.67. The number of benzene rings is 2. The van der Waals surface area contributed by atoms with E-state index in [1.807, 2.05) is 4.90 Å². The molecule has 30 heavy (non-hydrogen) atoms. The fraction of sp³-hybridized carbons (Fsp3) is 0.391. The topological polar surface area (TPSA) is 66.9 Å². The molecule has 2 unspecified atom stereocenters. The maximum absolute atomic E-state index is 12.9. The Kier molecular flexibility index (Phi) is 7.26.